The summed E-state index contributed by atoms with van der Waals surface area (Å²) in [4.78, 5) is 20.2. The zero-order chi connectivity index (χ0) is 19.0. The maximum Gasteiger partial charge on any atom is 0.221 e. The zero-order valence-corrected chi connectivity index (χ0v) is 16.4. The molecule has 2 aromatic carbocycles. The number of piperazine rings is 1. The largest absolute Gasteiger partial charge is 0.360 e. The molecule has 2 heterocycles. The van der Waals surface area contributed by atoms with E-state index in [1.807, 2.05) is 30.5 Å². The molecule has 27 heavy (non-hydrogen) atoms. The van der Waals surface area contributed by atoms with Crippen LogP contribution in [0.1, 0.15) is 28.4 Å². The average Bonchev–Trinajstić information content (AvgIpc) is 3.13. The quantitative estimate of drug-likeness (QED) is 0.701. The van der Waals surface area contributed by atoms with Gasteiger partial charge in [-0.25, -0.2) is 0 Å². The molecular formula is C23H28N3O+. The van der Waals surface area contributed by atoms with E-state index in [1.165, 1.54) is 21.7 Å². The normalized spacial score (nSPS) is 16.6. The fourth-order valence-electron chi connectivity index (χ4n) is 4.24. The molecule has 1 aliphatic heterocycles. The first-order valence-corrected chi connectivity index (χ1v) is 9.82. The summed E-state index contributed by atoms with van der Waals surface area (Å²) in [6.45, 7) is 10.4. The number of nitrogens with zero attached hydrogens (tertiary/aromatic N) is 1. The fraction of sp³-hybridized carbons (Fsp3) is 0.348. The van der Waals surface area contributed by atoms with Gasteiger partial charge in [0.2, 0.25) is 5.78 Å². The van der Waals surface area contributed by atoms with Crippen molar-refractivity contribution in [3.63, 3.8) is 0 Å². The molecular weight excluding hydrogens is 334 g/mol. The number of aromatic nitrogens is 1. The van der Waals surface area contributed by atoms with Crippen LogP contribution in [-0.4, -0.2) is 43.0 Å². The van der Waals surface area contributed by atoms with Gasteiger partial charge in [0, 0.05) is 28.4 Å². The van der Waals surface area contributed by atoms with Crippen LogP contribution in [0.5, 0.6) is 0 Å². The Bertz CT molecular complexity index is 967. The van der Waals surface area contributed by atoms with Crippen molar-refractivity contribution >= 4 is 22.4 Å². The Morgan fingerprint density at radius 1 is 1.07 bits per heavy atom. The van der Waals surface area contributed by atoms with E-state index in [9.17, 15) is 4.79 Å². The third-order valence-electron chi connectivity index (χ3n) is 6.18. The minimum atomic E-state index is -0.0232. The van der Waals surface area contributed by atoms with Gasteiger partial charge >= 0.3 is 0 Å². The van der Waals surface area contributed by atoms with E-state index >= 15 is 0 Å². The minimum Gasteiger partial charge on any atom is -0.360 e. The van der Waals surface area contributed by atoms with Crippen molar-refractivity contribution in [3.05, 3.63) is 65.4 Å². The van der Waals surface area contributed by atoms with Crippen LogP contribution in [0.4, 0.5) is 5.69 Å². The number of quaternary nitrogens is 1. The van der Waals surface area contributed by atoms with Gasteiger partial charge < -0.3 is 14.8 Å². The van der Waals surface area contributed by atoms with Gasteiger partial charge in [0.25, 0.3) is 0 Å². The maximum atomic E-state index is 13.1. The van der Waals surface area contributed by atoms with E-state index in [-0.39, 0.29) is 11.8 Å². The number of benzene rings is 2. The van der Waals surface area contributed by atoms with Crippen molar-refractivity contribution in [3.8, 4) is 0 Å². The molecule has 4 heteroatoms. The molecule has 1 fully saturated rings. The lowest BCUT2D eigenvalue weighted by molar-refractivity contribution is -0.914. The van der Waals surface area contributed by atoms with E-state index in [4.69, 9.17) is 0 Å². The van der Waals surface area contributed by atoms with Crippen molar-refractivity contribution in [2.75, 3.05) is 31.1 Å². The second kappa shape index (κ2) is 7.20. The molecule has 2 N–H and O–H groups in total. The Hall–Kier alpha value is -2.59. The monoisotopic (exact) mass is 362 g/mol. The molecule has 1 aliphatic rings. The third kappa shape index (κ3) is 3.26. The average molecular weight is 362 g/mol. The number of fused-ring (bicyclic) bond motifs is 1. The highest BCUT2D eigenvalue weighted by molar-refractivity contribution is 6.09. The highest BCUT2D eigenvalue weighted by Gasteiger charge is 2.31. The summed E-state index contributed by atoms with van der Waals surface area (Å²) in [7, 11) is 0. The number of H-pyrrole nitrogens is 1. The smallest absolute Gasteiger partial charge is 0.221 e. The van der Waals surface area contributed by atoms with Crippen LogP contribution in [0.25, 0.3) is 10.9 Å². The predicted molar refractivity (Wildman–Crippen MR) is 111 cm³/mol. The van der Waals surface area contributed by atoms with Crippen LogP contribution in [0.15, 0.2) is 48.7 Å². The Morgan fingerprint density at radius 2 is 1.81 bits per heavy atom. The van der Waals surface area contributed by atoms with Gasteiger partial charge in [0.15, 0.2) is 0 Å². The number of aryl methyl sites for hydroxylation is 1. The number of rotatable bonds is 4. The number of anilines is 1. The van der Waals surface area contributed by atoms with Gasteiger partial charge in [-0.15, -0.1) is 0 Å². The molecule has 1 atom stereocenters. The Labute approximate surface area is 160 Å². The number of carbonyl (C=O) groups is 1. The number of aromatic amines is 1. The van der Waals surface area contributed by atoms with Gasteiger partial charge in [0.1, 0.15) is 6.04 Å². The van der Waals surface area contributed by atoms with Gasteiger partial charge in [0.05, 0.1) is 26.2 Å². The number of Topliss-reactive ketones (excluding diaryl/α,β-unsaturated/α-hetero) is 1. The first-order valence-electron chi connectivity index (χ1n) is 9.82. The summed E-state index contributed by atoms with van der Waals surface area (Å²) in [5.41, 5.74) is 5.89. The lowest BCUT2D eigenvalue weighted by Gasteiger charge is -2.36. The van der Waals surface area contributed by atoms with Crippen molar-refractivity contribution in [1.29, 1.82) is 0 Å². The molecule has 0 bridgehead atoms. The lowest BCUT2D eigenvalue weighted by atomic mass is 10.0. The number of ketones is 1. The van der Waals surface area contributed by atoms with Crippen LogP contribution in [0.3, 0.4) is 0 Å². The molecule has 1 aromatic heterocycles. The molecule has 0 aliphatic carbocycles. The molecule has 0 saturated carbocycles. The molecule has 0 amide bonds. The molecule has 4 nitrogen and oxygen atoms in total. The number of nitrogens with one attached hydrogen (secondary N) is 2. The molecule has 0 spiro atoms. The van der Waals surface area contributed by atoms with Crippen LogP contribution >= 0.6 is 0 Å². The standard InChI is InChI=1S/C23H27N3O/c1-16-7-6-10-22(17(16)2)26-13-11-25(12-14-26)18(3)23(27)20-15-24-21-9-5-4-8-19(20)21/h4-10,15,18,24H,11-14H2,1-3H3/p+1/t18-/m0/s1. The van der Waals surface area contributed by atoms with E-state index in [0.29, 0.717) is 0 Å². The highest BCUT2D eigenvalue weighted by atomic mass is 16.1. The summed E-state index contributed by atoms with van der Waals surface area (Å²) in [5, 5.41) is 1.03. The van der Waals surface area contributed by atoms with Gasteiger partial charge in [-0.3, -0.25) is 4.79 Å². The highest BCUT2D eigenvalue weighted by Crippen LogP contribution is 2.23. The van der Waals surface area contributed by atoms with Crippen molar-refractivity contribution in [2.24, 2.45) is 0 Å². The lowest BCUT2D eigenvalue weighted by Crippen LogP contribution is -3.18. The summed E-state index contributed by atoms with van der Waals surface area (Å²) in [6, 6.07) is 14.5. The summed E-state index contributed by atoms with van der Waals surface area (Å²) in [6.07, 6.45) is 1.87. The predicted octanol–water partition coefficient (Wildman–Crippen LogP) is 2.76. The number of carbonyl (C=O) groups excluding carboxylic acids is 1. The summed E-state index contributed by atoms with van der Waals surface area (Å²) >= 11 is 0. The molecule has 140 valence electrons. The molecule has 1 saturated heterocycles. The Balaban J connectivity index is 1.46. The Morgan fingerprint density at radius 3 is 2.59 bits per heavy atom. The molecule has 0 unspecified atom stereocenters. The third-order valence-corrected chi connectivity index (χ3v) is 6.18. The first-order chi connectivity index (χ1) is 13.1. The topological polar surface area (TPSA) is 40.5 Å². The summed E-state index contributed by atoms with van der Waals surface area (Å²) in [5.74, 6) is 0.239. The SMILES string of the molecule is Cc1cccc(N2CC[NH+]([C@@H](C)C(=O)c3c[nH]c4ccccc34)CC2)c1C. The maximum absolute atomic E-state index is 13.1. The second-order valence-corrected chi connectivity index (χ2v) is 7.70. The molecule has 3 aromatic rings. The van der Waals surface area contributed by atoms with Gasteiger partial charge in [-0.2, -0.15) is 0 Å². The Kier molecular flexibility index (Phi) is 4.75. The number of para-hydroxylation sites is 1. The number of hydrogen-bond donors (Lipinski definition) is 2. The fourth-order valence-corrected chi connectivity index (χ4v) is 4.24. The van der Waals surface area contributed by atoms with Crippen molar-refractivity contribution in [1.82, 2.24) is 4.98 Å². The molecule has 0 radical (unpaired) electrons. The van der Waals surface area contributed by atoms with E-state index in [2.05, 4.69) is 48.9 Å². The first kappa shape index (κ1) is 17.8. The van der Waals surface area contributed by atoms with Gasteiger partial charge in [-0.1, -0.05) is 30.3 Å². The van der Waals surface area contributed by atoms with E-state index < -0.39 is 0 Å². The van der Waals surface area contributed by atoms with E-state index in [1.54, 1.807) is 0 Å². The number of hydrogen-bond acceptors (Lipinski definition) is 2. The minimum absolute atomic E-state index is 0.0232. The van der Waals surface area contributed by atoms with Crippen molar-refractivity contribution in [2.45, 2.75) is 26.8 Å². The second-order valence-electron chi connectivity index (χ2n) is 7.70. The summed E-state index contributed by atoms with van der Waals surface area (Å²) < 4.78 is 0. The molecule has 4 rings (SSSR count). The van der Waals surface area contributed by atoms with Crippen LogP contribution in [-0.2, 0) is 0 Å². The van der Waals surface area contributed by atoms with Crippen LogP contribution in [0, 0.1) is 13.8 Å². The van der Waals surface area contributed by atoms with Gasteiger partial charge in [-0.05, 0) is 44.0 Å². The van der Waals surface area contributed by atoms with Crippen molar-refractivity contribution < 1.29 is 9.69 Å². The van der Waals surface area contributed by atoms with Crippen LogP contribution < -0.4 is 9.80 Å². The van der Waals surface area contributed by atoms with Crippen LogP contribution in [0.2, 0.25) is 0 Å². The van der Waals surface area contributed by atoms with E-state index in [0.717, 1.165) is 42.6 Å². The zero-order valence-electron chi connectivity index (χ0n) is 16.4.